The summed E-state index contributed by atoms with van der Waals surface area (Å²) in [5, 5.41) is 11.7. The van der Waals surface area contributed by atoms with Gasteiger partial charge in [-0.15, -0.1) is 0 Å². The van der Waals surface area contributed by atoms with Gasteiger partial charge in [0.2, 0.25) is 0 Å². The Morgan fingerprint density at radius 3 is 2.30 bits per heavy atom. The number of benzene rings is 2. The predicted molar refractivity (Wildman–Crippen MR) is 110 cm³/mol. The largest absolute Gasteiger partial charge is 0.476 e. The van der Waals surface area contributed by atoms with Gasteiger partial charge in [0.15, 0.2) is 5.69 Å². The van der Waals surface area contributed by atoms with Gasteiger partial charge in [-0.05, 0) is 56.4 Å². The normalized spacial score (nSPS) is 12.3. The minimum atomic E-state index is -1.19. The van der Waals surface area contributed by atoms with Crippen LogP contribution in [0.4, 0.5) is 10.5 Å². The van der Waals surface area contributed by atoms with E-state index in [0.29, 0.717) is 2.88 Å². The van der Waals surface area contributed by atoms with E-state index in [-0.39, 0.29) is 23.9 Å². The van der Waals surface area contributed by atoms with Crippen molar-refractivity contribution in [2.75, 3.05) is 11.9 Å². The second kappa shape index (κ2) is 7.28. The Labute approximate surface area is 172 Å². The van der Waals surface area contributed by atoms with Gasteiger partial charge in [-0.3, -0.25) is 5.32 Å². The number of hydrogen-bond donors (Lipinski definition) is 2. The maximum Gasteiger partial charge on any atom is 0.411 e. The van der Waals surface area contributed by atoms with Crippen molar-refractivity contribution in [2.45, 2.75) is 5.92 Å². The number of ether oxygens (including phenoxy) is 1. The number of carbonyl (C=O) groups excluding carboxylic acids is 1. The molecular weight excluding hydrogens is 479 g/mol. The highest BCUT2D eigenvalue weighted by atomic mass is 127. The highest BCUT2D eigenvalue weighted by molar-refractivity contribution is 14.1. The molecule has 0 radical (unpaired) electrons. The van der Waals surface area contributed by atoms with Crippen molar-refractivity contribution < 1.29 is 19.4 Å². The summed E-state index contributed by atoms with van der Waals surface area (Å²) in [7, 11) is 0. The van der Waals surface area contributed by atoms with Gasteiger partial charge in [-0.25, -0.2) is 9.59 Å². The Balaban J connectivity index is 1.52. The maximum absolute atomic E-state index is 12.3. The maximum atomic E-state index is 12.3. The van der Waals surface area contributed by atoms with Gasteiger partial charge in [-0.1, -0.05) is 48.5 Å². The molecule has 27 heavy (non-hydrogen) atoms. The molecule has 0 unspecified atom stereocenters. The van der Waals surface area contributed by atoms with Crippen molar-refractivity contribution in [3.05, 3.63) is 68.2 Å². The zero-order chi connectivity index (χ0) is 19.0. The van der Waals surface area contributed by atoms with Crippen molar-refractivity contribution in [2.24, 2.45) is 0 Å². The molecule has 0 saturated heterocycles. The number of carboxylic acid groups (broad SMARTS) is 1. The summed E-state index contributed by atoms with van der Waals surface area (Å²) in [5.74, 6) is -1.25. The molecule has 3 aromatic rings. The number of aromatic nitrogens is 1. The first-order chi connectivity index (χ1) is 13.1. The SMILES string of the molecule is O=C(Nc1c(C(=O)O)nsc1I)OCC1c2ccccc2-c2ccccc21. The van der Waals surface area contributed by atoms with Crippen LogP contribution in [0.1, 0.15) is 27.5 Å². The van der Waals surface area contributed by atoms with Crippen molar-refractivity contribution in [3.8, 4) is 11.1 Å². The highest BCUT2D eigenvalue weighted by Gasteiger charge is 2.29. The minimum absolute atomic E-state index is 0.0539. The smallest absolute Gasteiger partial charge is 0.411 e. The molecule has 1 heterocycles. The minimum Gasteiger partial charge on any atom is -0.476 e. The Kier molecular flexibility index (Phi) is 4.83. The number of carboxylic acids is 1. The van der Waals surface area contributed by atoms with Gasteiger partial charge in [0, 0.05) is 5.92 Å². The van der Waals surface area contributed by atoms with E-state index in [0.717, 1.165) is 33.8 Å². The summed E-state index contributed by atoms with van der Waals surface area (Å²) in [6.07, 6.45) is -0.697. The van der Waals surface area contributed by atoms with E-state index in [4.69, 9.17) is 9.84 Å². The standard InChI is InChI=1S/C19H13IN2O4S/c20-17-15(16(18(23)24)22-27-17)21-19(25)26-9-14-12-7-3-1-5-10(12)11-6-2-4-8-13(11)14/h1-8,14H,9H2,(H,21,25)(H,23,24). The number of hydrogen-bond acceptors (Lipinski definition) is 5. The van der Waals surface area contributed by atoms with Crippen LogP contribution in [0.5, 0.6) is 0 Å². The second-order valence-corrected chi connectivity index (χ2v) is 8.52. The third-order valence-electron chi connectivity index (χ3n) is 4.42. The fourth-order valence-corrected chi connectivity index (χ4v) is 4.53. The summed E-state index contributed by atoms with van der Waals surface area (Å²) in [5.41, 5.74) is 4.51. The summed E-state index contributed by atoms with van der Waals surface area (Å²) >= 11 is 2.95. The molecule has 1 aliphatic carbocycles. The molecule has 0 bridgehead atoms. The van der Waals surface area contributed by atoms with Gasteiger partial charge in [0.05, 0.1) is 0 Å². The van der Waals surface area contributed by atoms with Crippen molar-refractivity contribution in [1.29, 1.82) is 0 Å². The number of anilines is 1. The third kappa shape index (κ3) is 3.30. The lowest BCUT2D eigenvalue weighted by Gasteiger charge is -2.14. The van der Waals surface area contributed by atoms with Crippen LogP contribution in [0.3, 0.4) is 0 Å². The van der Waals surface area contributed by atoms with E-state index < -0.39 is 12.1 Å². The van der Waals surface area contributed by atoms with Crippen LogP contribution in [-0.2, 0) is 4.74 Å². The molecule has 0 atom stereocenters. The lowest BCUT2D eigenvalue weighted by atomic mass is 9.98. The molecule has 2 N–H and O–H groups in total. The van der Waals surface area contributed by atoms with Crippen LogP contribution < -0.4 is 5.32 Å². The Morgan fingerprint density at radius 1 is 1.11 bits per heavy atom. The molecule has 136 valence electrons. The predicted octanol–water partition coefficient (Wildman–Crippen LogP) is 4.81. The quantitative estimate of drug-likeness (QED) is 0.511. The highest BCUT2D eigenvalue weighted by Crippen LogP contribution is 2.44. The lowest BCUT2D eigenvalue weighted by molar-refractivity contribution is 0.0693. The molecule has 0 aliphatic heterocycles. The summed E-state index contributed by atoms with van der Waals surface area (Å²) in [4.78, 5) is 23.5. The van der Waals surface area contributed by atoms with Crippen LogP contribution in [-0.4, -0.2) is 28.1 Å². The van der Waals surface area contributed by atoms with Gasteiger partial charge in [-0.2, -0.15) is 4.37 Å². The summed E-state index contributed by atoms with van der Waals surface area (Å²) < 4.78 is 9.84. The van der Waals surface area contributed by atoms with Crippen LogP contribution in [0, 0.1) is 2.88 Å². The first-order valence-electron chi connectivity index (χ1n) is 8.06. The Morgan fingerprint density at radius 2 is 1.70 bits per heavy atom. The Bertz CT molecular complexity index is 1000. The van der Waals surface area contributed by atoms with E-state index in [1.165, 1.54) is 0 Å². The Hall–Kier alpha value is -2.46. The monoisotopic (exact) mass is 492 g/mol. The number of rotatable bonds is 4. The summed E-state index contributed by atoms with van der Waals surface area (Å²) in [6, 6.07) is 16.1. The first-order valence-corrected chi connectivity index (χ1v) is 9.92. The second-order valence-electron chi connectivity index (χ2n) is 5.94. The summed E-state index contributed by atoms with van der Waals surface area (Å²) in [6.45, 7) is 0.163. The zero-order valence-corrected chi connectivity index (χ0v) is 16.8. The number of amides is 1. The van der Waals surface area contributed by atoms with Gasteiger partial charge >= 0.3 is 12.1 Å². The number of carbonyl (C=O) groups is 2. The van der Waals surface area contributed by atoms with Crippen molar-refractivity contribution in [1.82, 2.24) is 4.37 Å². The van der Waals surface area contributed by atoms with Gasteiger partial charge < -0.3 is 9.84 Å². The van der Waals surface area contributed by atoms with E-state index in [2.05, 4.69) is 21.8 Å². The van der Waals surface area contributed by atoms with E-state index in [1.54, 1.807) is 0 Å². The zero-order valence-electron chi connectivity index (χ0n) is 13.8. The van der Waals surface area contributed by atoms with Crippen molar-refractivity contribution in [3.63, 3.8) is 0 Å². The van der Waals surface area contributed by atoms with E-state index in [1.807, 2.05) is 59.0 Å². The fraction of sp³-hybridized carbons (Fsp3) is 0.105. The molecule has 1 amide bonds. The number of halogens is 1. The van der Waals surface area contributed by atoms with Crippen LogP contribution in [0.15, 0.2) is 48.5 Å². The number of nitrogens with zero attached hydrogens (tertiary/aromatic N) is 1. The fourth-order valence-electron chi connectivity index (χ4n) is 3.26. The molecule has 6 nitrogen and oxygen atoms in total. The molecule has 0 saturated carbocycles. The topological polar surface area (TPSA) is 88.5 Å². The number of aromatic carboxylic acids is 1. The average Bonchev–Trinajstić information content (AvgIpc) is 3.19. The average molecular weight is 492 g/mol. The first kappa shape index (κ1) is 17.9. The lowest BCUT2D eigenvalue weighted by Crippen LogP contribution is -2.19. The molecule has 1 aliphatic rings. The van der Waals surface area contributed by atoms with Crippen LogP contribution in [0.25, 0.3) is 11.1 Å². The molecule has 0 spiro atoms. The molecule has 2 aromatic carbocycles. The van der Waals surface area contributed by atoms with E-state index in [9.17, 15) is 9.59 Å². The number of nitrogens with one attached hydrogen (secondary N) is 1. The van der Waals surface area contributed by atoms with E-state index >= 15 is 0 Å². The van der Waals surface area contributed by atoms with Crippen LogP contribution >= 0.6 is 34.1 Å². The molecular formula is C19H13IN2O4S. The number of fused-ring (bicyclic) bond motifs is 3. The molecule has 8 heteroatoms. The van der Waals surface area contributed by atoms with Gasteiger partial charge in [0.1, 0.15) is 15.2 Å². The molecule has 4 rings (SSSR count). The van der Waals surface area contributed by atoms with Gasteiger partial charge in [0.25, 0.3) is 0 Å². The van der Waals surface area contributed by atoms with Crippen molar-refractivity contribution >= 4 is 51.9 Å². The van der Waals surface area contributed by atoms with Crippen LogP contribution in [0.2, 0.25) is 0 Å². The third-order valence-corrected chi connectivity index (χ3v) is 6.19. The molecule has 0 fully saturated rings. The molecule has 1 aromatic heterocycles.